The number of esters is 1. The van der Waals surface area contributed by atoms with Crippen molar-refractivity contribution < 1.29 is 23.9 Å². The second-order valence-corrected chi connectivity index (χ2v) is 5.53. The summed E-state index contributed by atoms with van der Waals surface area (Å²) in [6.45, 7) is 3.43. The Morgan fingerprint density at radius 2 is 1.90 bits per heavy atom. The number of aryl methyl sites for hydroxylation is 1. The first kappa shape index (κ1) is 15.4. The highest BCUT2D eigenvalue weighted by molar-refractivity contribution is 7.08. The largest absolute Gasteiger partial charge is 0.466 e. The minimum atomic E-state index is -1.34. The number of hydrogen-bond acceptors (Lipinski definition) is 8. The van der Waals surface area contributed by atoms with E-state index in [-0.39, 0.29) is 24.3 Å². The molecule has 1 saturated carbocycles. The Morgan fingerprint density at radius 3 is 2.38 bits per heavy atom. The summed E-state index contributed by atoms with van der Waals surface area (Å²) in [6.07, 6.45) is -0.293. The minimum absolute atomic E-state index is 0.147. The lowest BCUT2D eigenvalue weighted by Gasteiger charge is -2.23. The van der Waals surface area contributed by atoms with Crippen LogP contribution in [0.15, 0.2) is 0 Å². The van der Waals surface area contributed by atoms with Crippen LogP contribution in [0.25, 0.3) is 0 Å². The van der Waals surface area contributed by atoms with Crippen molar-refractivity contribution in [3.63, 3.8) is 0 Å². The number of carbonyl (C=O) groups is 4. The molecule has 1 heterocycles. The number of ketones is 3. The van der Waals surface area contributed by atoms with Crippen molar-refractivity contribution in [3.05, 3.63) is 10.6 Å². The van der Waals surface area contributed by atoms with E-state index in [4.69, 9.17) is 4.74 Å². The second-order valence-electron chi connectivity index (χ2n) is 4.77. The fourth-order valence-corrected chi connectivity index (χ4v) is 2.91. The SMILES string of the molecule is CCOC(=O)C1CC(=O)C(C(=O)c2snnc2C)C(=O)C1. The predicted octanol–water partition coefficient (Wildman–Crippen LogP) is 0.757. The van der Waals surface area contributed by atoms with Crippen LogP contribution in [-0.2, 0) is 19.1 Å². The molecule has 0 unspecified atom stereocenters. The molecule has 0 spiro atoms. The summed E-state index contributed by atoms with van der Waals surface area (Å²) < 4.78 is 8.45. The number of nitrogens with zero attached hydrogens (tertiary/aromatic N) is 2. The van der Waals surface area contributed by atoms with Crippen molar-refractivity contribution in [2.75, 3.05) is 6.61 Å². The highest BCUT2D eigenvalue weighted by atomic mass is 32.1. The molecule has 0 N–H and O–H groups in total. The average Bonchev–Trinajstić information content (AvgIpc) is 2.84. The Hall–Kier alpha value is -1.96. The molecular weight excluding hydrogens is 296 g/mol. The Balaban J connectivity index is 2.16. The molecule has 1 aromatic heterocycles. The quantitative estimate of drug-likeness (QED) is 0.459. The van der Waals surface area contributed by atoms with E-state index < -0.39 is 35.2 Å². The van der Waals surface area contributed by atoms with Gasteiger partial charge in [0.25, 0.3) is 0 Å². The molecule has 21 heavy (non-hydrogen) atoms. The molecule has 0 atom stereocenters. The Bertz CT molecular complexity index is 591. The molecule has 8 heteroatoms. The molecule has 1 aromatic rings. The zero-order valence-corrected chi connectivity index (χ0v) is 12.4. The van der Waals surface area contributed by atoms with E-state index in [1.807, 2.05) is 0 Å². The molecule has 0 aliphatic heterocycles. The zero-order chi connectivity index (χ0) is 15.6. The number of hydrogen-bond donors (Lipinski definition) is 0. The van der Waals surface area contributed by atoms with E-state index in [1.54, 1.807) is 13.8 Å². The van der Waals surface area contributed by atoms with E-state index >= 15 is 0 Å². The minimum Gasteiger partial charge on any atom is -0.466 e. The van der Waals surface area contributed by atoms with E-state index in [2.05, 4.69) is 9.59 Å². The number of carbonyl (C=O) groups excluding carboxylic acids is 4. The first-order valence-corrected chi connectivity index (χ1v) is 7.28. The summed E-state index contributed by atoms with van der Waals surface area (Å²) in [7, 11) is 0. The molecule has 0 saturated heterocycles. The third kappa shape index (κ3) is 3.05. The summed E-state index contributed by atoms with van der Waals surface area (Å²) in [6, 6.07) is 0. The molecule has 0 radical (unpaired) electrons. The number of Topliss-reactive ketones (excluding diaryl/α,β-unsaturated/α-hetero) is 3. The smallest absolute Gasteiger partial charge is 0.309 e. The molecule has 1 aliphatic carbocycles. The average molecular weight is 310 g/mol. The molecule has 0 bridgehead atoms. The van der Waals surface area contributed by atoms with Crippen molar-refractivity contribution in [2.45, 2.75) is 26.7 Å². The maximum atomic E-state index is 12.3. The maximum Gasteiger partial charge on any atom is 0.309 e. The monoisotopic (exact) mass is 310 g/mol. The van der Waals surface area contributed by atoms with Gasteiger partial charge in [-0.3, -0.25) is 19.2 Å². The fourth-order valence-electron chi connectivity index (χ4n) is 2.28. The molecule has 0 amide bonds. The number of ether oxygens (including phenoxy) is 1. The van der Waals surface area contributed by atoms with E-state index in [0.717, 1.165) is 11.5 Å². The van der Waals surface area contributed by atoms with Crippen LogP contribution in [0.5, 0.6) is 0 Å². The standard InChI is InChI=1S/C13H14N2O5S/c1-3-20-13(19)7-4-8(16)10(9(17)5-7)11(18)12-6(2)14-15-21-12/h7,10H,3-5H2,1-2H3. The van der Waals surface area contributed by atoms with Crippen LogP contribution in [-0.4, -0.2) is 39.5 Å². The van der Waals surface area contributed by atoms with Gasteiger partial charge < -0.3 is 4.74 Å². The predicted molar refractivity (Wildman–Crippen MR) is 71.8 cm³/mol. The third-order valence-corrected chi connectivity index (χ3v) is 4.14. The van der Waals surface area contributed by atoms with Crippen LogP contribution in [0.1, 0.15) is 35.1 Å². The lowest BCUT2D eigenvalue weighted by atomic mass is 9.77. The number of rotatable bonds is 4. The normalized spacial score (nSPS) is 22.2. The summed E-state index contributed by atoms with van der Waals surface area (Å²) in [5, 5.41) is 3.70. The van der Waals surface area contributed by atoms with Crippen molar-refractivity contribution in [1.29, 1.82) is 0 Å². The van der Waals surface area contributed by atoms with Gasteiger partial charge in [-0.1, -0.05) is 4.49 Å². The highest BCUT2D eigenvalue weighted by Crippen LogP contribution is 2.28. The van der Waals surface area contributed by atoms with Gasteiger partial charge in [0.05, 0.1) is 18.2 Å². The Labute approximate surface area is 124 Å². The lowest BCUT2D eigenvalue weighted by Crippen LogP contribution is -2.41. The molecule has 7 nitrogen and oxygen atoms in total. The second kappa shape index (κ2) is 6.21. The van der Waals surface area contributed by atoms with Gasteiger partial charge in [-0.2, -0.15) is 0 Å². The fraction of sp³-hybridized carbons (Fsp3) is 0.538. The third-order valence-electron chi connectivity index (χ3n) is 3.30. The molecule has 1 fully saturated rings. The first-order valence-electron chi connectivity index (χ1n) is 6.51. The molecule has 2 rings (SSSR count). The molecule has 1 aliphatic rings. The topological polar surface area (TPSA) is 103 Å². The highest BCUT2D eigenvalue weighted by Gasteiger charge is 2.44. The lowest BCUT2D eigenvalue weighted by molar-refractivity contribution is -0.154. The van der Waals surface area contributed by atoms with Gasteiger partial charge in [0.2, 0.25) is 0 Å². The van der Waals surface area contributed by atoms with Gasteiger partial charge in [-0.05, 0) is 25.4 Å². The summed E-state index contributed by atoms with van der Waals surface area (Å²) in [5.41, 5.74) is 0.401. The van der Waals surface area contributed by atoms with Gasteiger partial charge in [0.1, 0.15) is 10.8 Å². The van der Waals surface area contributed by atoms with Crippen LogP contribution in [0.2, 0.25) is 0 Å². The summed E-state index contributed by atoms with van der Waals surface area (Å²) in [5.74, 6) is -4.34. The van der Waals surface area contributed by atoms with E-state index in [9.17, 15) is 19.2 Å². The Morgan fingerprint density at radius 1 is 1.29 bits per heavy atom. The van der Waals surface area contributed by atoms with Crippen molar-refractivity contribution in [1.82, 2.24) is 9.59 Å². The molecule has 112 valence electrons. The van der Waals surface area contributed by atoms with E-state index in [0.29, 0.717) is 5.69 Å². The van der Waals surface area contributed by atoms with Crippen LogP contribution < -0.4 is 0 Å². The van der Waals surface area contributed by atoms with Gasteiger partial charge in [0.15, 0.2) is 17.3 Å². The van der Waals surface area contributed by atoms with Gasteiger partial charge in [0, 0.05) is 12.8 Å². The first-order chi connectivity index (χ1) is 9.95. The van der Waals surface area contributed by atoms with Crippen molar-refractivity contribution >= 4 is 34.9 Å². The van der Waals surface area contributed by atoms with E-state index in [1.165, 1.54) is 0 Å². The van der Waals surface area contributed by atoms with Crippen LogP contribution >= 0.6 is 11.5 Å². The molecule has 0 aromatic carbocycles. The van der Waals surface area contributed by atoms with Crippen molar-refractivity contribution in [2.24, 2.45) is 11.8 Å². The summed E-state index contributed by atoms with van der Waals surface area (Å²) in [4.78, 5) is 48.3. The number of aromatic nitrogens is 2. The Kier molecular flexibility index (Phi) is 4.56. The van der Waals surface area contributed by atoms with Crippen molar-refractivity contribution in [3.8, 4) is 0 Å². The maximum absolute atomic E-state index is 12.3. The zero-order valence-electron chi connectivity index (χ0n) is 11.6. The van der Waals surface area contributed by atoms with Crippen LogP contribution in [0.4, 0.5) is 0 Å². The van der Waals surface area contributed by atoms with Gasteiger partial charge in [-0.25, -0.2) is 0 Å². The van der Waals surface area contributed by atoms with Crippen LogP contribution in [0, 0.1) is 18.8 Å². The molecular formula is C13H14N2O5S. The van der Waals surface area contributed by atoms with Crippen LogP contribution in [0.3, 0.4) is 0 Å². The van der Waals surface area contributed by atoms with Gasteiger partial charge >= 0.3 is 5.97 Å². The summed E-state index contributed by atoms with van der Waals surface area (Å²) >= 11 is 0.864. The van der Waals surface area contributed by atoms with Gasteiger partial charge in [-0.15, -0.1) is 5.10 Å².